The van der Waals surface area contributed by atoms with Gasteiger partial charge >= 0.3 is 6.03 Å². The van der Waals surface area contributed by atoms with Gasteiger partial charge in [0, 0.05) is 29.4 Å². The highest BCUT2D eigenvalue weighted by atomic mass is 32.2. The summed E-state index contributed by atoms with van der Waals surface area (Å²) < 4.78 is 5.79. The summed E-state index contributed by atoms with van der Waals surface area (Å²) in [5, 5.41) is 12.6. The van der Waals surface area contributed by atoms with Gasteiger partial charge in [-0.25, -0.2) is 14.8 Å². The molecule has 1 aromatic carbocycles. The predicted molar refractivity (Wildman–Crippen MR) is 146 cm³/mol. The fraction of sp³-hybridized carbons (Fsp3) is 0.370. The molecule has 2 saturated heterocycles. The standard InChI is InChI=1S/C27H29N7O4S/c1-2-21(35)31-18-4-3-5-19(18)32-25(36)24-23-22-20(10-11-30-26(22)39-24)34(27(37)33-23)15-6-8-16(9-7-15)38-17-12-28-14-29-13-17/h2,6-9,12-14,18-20,22,26,30H,1,3-5,10-11H2,(H,31,35)(H,32,36)(H,33,37)/t18-,19+,20?,22?,26?/m0/s1. The summed E-state index contributed by atoms with van der Waals surface area (Å²) in [6.07, 6.45) is 9.09. The van der Waals surface area contributed by atoms with Crippen molar-refractivity contribution in [2.45, 2.75) is 49.2 Å². The molecule has 12 heteroatoms. The number of amides is 4. The van der Waals surface area contributed by atoms with Crippen molar-refractivity contribution in [3.05, 3.63) is 66.2 Å². The number of ether oxygens (including phenoxy) is 1. The maximum atomic E-state index is 13.5. The summed E-state index contributed by atoms with van der Waals surface area (Å²) >= 11 is 1.46. The number of hydrogen-bond acceptors (Lipinski definition) is 8. The van der Waals surface area contributed by atoms with E-state index in [1.807, 2.05) is 24.3 Å². The Morgan fingerprint density at radius 3 is 2.56 bits per heavy atom. The van der Waals surface area contributed by atoms with Crippen LogP contribution in [0.1, 0.15) is 25.7 Å². The molecule has 1 aromatic heterocycles. The fourth-order valence-electron chi connectivity index (χ4n) is 5.85. The number of benzene rings is 1. The summed E-state index contributed by atoms with van der Waals surface area (Å²) in [6, 6.07) is 6.68. The molecular weight excluding hydrogens is 518 g/mol. The van der Waals surface area contributed by atoms with Crippen LogP contribution in [0.5, 0.6) is 11.5 Å². The van der Waals surface area contributed by atoms with Crippen LogP contribution in [0.3, 0.4) is 0 Å². The van der Waals surface area contributed by atoms with Crippen LogP contribution in [0.25, 0.3) is 0 Å². The van der Waals surface area contributed by atoms with Gasteiger partial charge in [-0.2, -0.15) is 0 Å². The Labute approximate surface area is 229 Å². The van der Waals surface area contributed by atoms with Crippen LogP contribution in [0.4, 0.5) is 10.5 Å². The number of anilines is 1. The Balaban J connectivity index is 1.20. The minimum Gasteiger partial charge on any atom is -0.454 e. The molecule has 3 unspecified atom stereocenters. The Morgan fingerprint density at radius 1 is 1.08 bits per heavy atom. The summed E-state index contributed by atoms with van der Waals surface area (Å²) in [7, 11) is 0. The van der Waals surface area contributed by atoms with Crippen molar-refractivity contribution < 1.29 is 19.1 Å². The molecule has 4 N–H and O–H groups in total. The number of carbonyl (C=O) groups is 3. The van der Waals surface area contributed by atoms with Crippen LogP contribution in [0.15, 0.2) is 66.2 Å². The third-order valence-electron chi connectivity index (χ3n) is 7.58. The molecule has 3 aliphatic heterocycles. The first-order valence-electron chi connectivity index (χ1n) is 13.0. The maximum absolute atomic E-state index is 13.5. The Hall–Kier alpha value is -3.90. The molecule has 39 heavy (non-hydrogen) atoms. The number of thioether (sulfide) groups is 1. The SMILES string of the molecule is C=CC(=O)N[C@H]1CCC[C@H]1NC(=O)C1=C2NC(=O)N(c3ccc(Oc4cncnc4)cc3)C3CCNC(S1)C23. The number of rotatable bonds is 7. The third kappa shape index (κ3) is 4.97. The number of urea groups is 1. The van der Waals surface area contributed by atoms with Crippen molar-refractivity contribution in [1.29, 1.82) is 0 Å². The topological polar surface area (TPSA) is 138 Å². The van der Waals surface area contributed by atoms with Crippen molar-refractivity contribution in [3.63, 3.8) is 0 Å². The molecular formula is C27H29N7O4S. The molecule has 1 aliphatic carbocycles. The molecule has 3 fully saturated rings. The molecule has 0 spiro atoms. The van der Waals surface area contributed by atoms with E-state index in [1.54, 1.807) is 17.3 Å². The number of nitrogens with zero attached hydrogens (tertiary/aromatic N) is 3. The third-order valence-corrected chi connectivity index (χ3v) is 8.94. The molecule has 5 atom stereocenters. The number of piperidine rings is 1. The zero-order valence-electron chi connectivity index (χ0n) is 21.1. The van der Waals surface area contributed by atoms with E-state index in [9.17, 15) is 14.4 Å². The lowest BCUT2D eigenvalue weighted by Crippen LogP contribution is -2.62. The van der Waals surface area contributed by atoms with Crippen molar-refractivity contribution >= 4 is 35.3 Å². The van der Waals surface area contributed by atoms with Crippen molar-refractivity contribution in [1.82, 2.24) is 31.2 Å². The van der Waals surface area contributed by atoms with Gasteiger partial charge in [0.05, 0.1) is 28.7 Å². The highest BCUT2D eigenvalue weighted by molar-refractivity contribution is 8.04. The summed E-state index contributed by atoms with van der Waals surface area (Å²) in [5.41, 5.74) is 1.43. The van der Waals surface area contributed by atoms with E-state index in [-0.39, 0.29) is 47.3 Å². The van der Waals surface area contributed by atoms with E-state index in [1.165, 1.54) is 24.2 Å². The second kappa shape index (κ2) is 10.7. The van der Waals surface area contributed by atoms with E-state index >= 15 is 0 Å². The van der Waals surface area contributed by atoms with Gasteiger partial charge in [0.1, 0.15) is 12.1 Å². The first kappa shape index (κ1) is 25.4. The smallest absolute Gasteiger partial charge is 0.326 e. The molecule has 1 saturated carbocycles. The zero-order chi connectivity index (χ0) is 26.9. The Kier molecular flexibility index (Phi) is 6.96. The van der Waals surface area contributed by atoms with E-state index in [0.717, 1.165) is 37.9 Å². The van der Waals surface area contributed by atoms with Crippen LogP contribution < -0.4 is 30.9 Å². The van der Waals surface area contributed by atoms with E-state index in [4.69, 9.17) is 4.74 Å². The molecule has 2 aromatic rings. The van der Waals surface area contributed by atoms with Crippen LogP contribution in [-0.2, 0) is 9.59 Å². The fourth-order valence-corrected chi connectivity index (χ4v) is 7.25. The first-order chi connectivity index (χ1) is 19.0. The highest BCUT2D eigenvalue weighted by Gasteiger charge is 2.52. The van der Waals surface area contributed by atoms with E-state index < -0.39 is 0 Å². The summed E-state index contributed by atoms with van der Waals surface area (Å²) in [6.45, 7) is 4.25. The molecule has 4 amide bonds. The van der Waals surface area contributed by atoms with Gasteiger partial charge in [-0.15, -0.1) is 0 Å². The average molecular weight is 548 g/mol. The maximum Gasteiger partial charge on any atom is 0.326 e. The molecule has 0 bridgehead atoms. The summed E-state index contributed by atoms with van der Waals surface area (Å²) in [5.74, 6) is 0.622. The van der Waals surface area contributed by atoms with Gasteiger partial charge in [0.15, 0.2) is 5.75 Å². The van der Waals surface area contributed by atoms with Gasteiger partial charge in [-0.05, 0) is 62.6 Å². The lowest BCUT2D eigenvalue weighted by Gasteiger charge is -2.45. The second-order valence-corrected chi connectivity index (χ2v) is 11.1. The lowest BCUT2D eigenvalue weighted by molar-refractivity contribution is -0.119. The minimum atomic E-state index is -0.262. The summed E-state index contributed by atoms with van der Waals surface area (Å²) in [4.78, 5) is 49.0. The van der Waals surface area contributed by atoms with Gasteiger partial charge in [0.2, 0.25) is 5.91 Å². The molecule has 11 nitrogen and oxygen atoms in total. The molecule has 4 heterocycles. The van der Waals surface area contributed by atoms with Crippen LogP contribution in [0.2, 0.25) is 0 Å². The predicted octanol–water partition coefficient (Wildman–Crippen LogP) is 2.40. The first-order valence-corrected chi connectivity index (χ1v) is 13.9. The van der Waals surface area contributed by atoms with E-state index in [0.29, 0.717) is 22.1 Å². The number of hydrogen-bond donors (Lipinski definition) is 4. The minimum absolute atomic E-state index is 0.0249. The largest absolute Gasteiger partial charge is 0.454 e. The normalized spacial score (nSPS) is 27.4. The number of carbonyl (C=O) groups excluding carboxylic acids is 3. The number of nitrogens with one attached hydrogen (secondary N) is 4. The van der Waals surface area contributed by atoms with Crippen molar-refractivity contribution in [3.8, 4) is 11.5 Å². The van der Waals surface area contributed by atoms with Crippen LogP contribution in [-0.4, -0.2) is 57.9 Å². The van der Waals surface area contributed by atoms with Crippen molar-refractivity contribution in [2.24, 2.45) is 5.92 Å². The van der Waals surface area contributed by atoms with Gasteiger partial charge in [0.25, 0.3) is 5.91 Å². The second-order valence-electron chi connectivity index (χ2n) is 9.92. The van der Waals surface area contributed by atoms with E-state index in [2.05, 4.69) is 37.8 Å². The molecule has 4 aliphatic rings. The number of aromatic nitrogens is 2. The molecule has 202 valence electrons. The van der Waals surface area contributed by atoms with Crippen molar-refractivity contribution in [2.75, 3.05) is 11.4 Å². The lowest BCUT2D eigenvalue weighted by atomic mass is 9.86. The average Bonchev–Trinajstić information content (AvgIpc) is 3.54. The monoisotopic (exact) mass is 547 g/mol. The van der Waals surface area contributed by atoms with Gasteiger partial charge in [-0.3, -0.25) is 14.5 Å². The Morgan fingerprint density at radius 2 is 1.82 bits per heavy atom. The van der Waals surface area contributed by atoms with Crippen LogP contribution in [0, 0.1) is 5.92 Å². The van der Waals surface area contributed by atoms with Gasteiger partial charge in [-0.1, -0.05) is 18.3 Å². The van der Waals surface area contributed by atoms with Crippen LogP contribution >= 0.6 is 11.8 Å². The molecule has 6 rings (SSSR count). The highest BCUT2D eigenvalue weighted by Crippen LogP contribution is 2.48. The zero-order valence-corrected chi connectivity index (χ0v) is 21.9. The molecule has 0 radical (unpaired) electrons. The Bertz CT molecular complexity index is 1320. The quantitative estimate of drug-likeness (QED) is 0.388. The van der Waals surface area contributed by atoms with Gasteiger partial charge < -0.3 is 26.0 Å².